The highest BCUT2D eigenvalue weighted by Crippen LogP contribution is 2.35. The van der Waals surface area contributed by atoms with Crippen LogP contribution in [0.25, 0.3) is 0 Å². The fourth-order valence-corrected chi connectivity index (χ4v) is 4.28. The predicted octanol–water partition coefficient (Wildman–Crippen LogP) is 5.37. The number of furan rings is 1. The lowest BCUT2D eigenvalue weighted by Crippen LogP contribution is -2.34. The second-order valence-electron chi connectivity index (χ2n) is 9.81. The van der Waals surface area contributed by atoms with Gasteiger partial charge in [-0.15, -0.1) is 0 Å². The van der Waals surface area contributed by atoms with Crippen LogP contribution in [-0.4, -0.2) is 66.6 Å². The molecule has 0 aliphatic carbocycles. The van der Waals surface area contributed by atoms with Crippen LogP contribution in [0.4, 0.5) is 37.7 Å². The molecule has 0 spiro atoms. The molecule has 0 atom stereocenters. The standard InChI is InChI=1S/C23H28N4O2.2C2HF3O2/c1-16-8-12-27(13-9-16)21-14-18(17-6-10-25-11-7-17)2-4-20(21)26-23(28)22-5-3-19(15-24)29-22;2*3-2(4,5)1(6)7/h2-5,14,16-17,25H,6-13H2,1H3,(H,26,28);2*(H,6,7). The monoisotopic (exact) mass is 620 g/mol. The number of amides is 1. The van der Waals surface area contributed by atoms with Crippen LogP contribution in [0.1, 0.15) is 60.4 Å². The van der Waals surface area contributed by atoms with Crippen molar-refractivity contribution >= 4 is 29.2 Å². The lowest BCUT2D eigenvalue weighted by molar-refractivity contribution is -0.193. The van der Waals surface area contributed by atoms with Crippen molar-refractivity contribution in [2.75, 3.05) is 36.4 Å². The number of carbonyl (C=O) groups is 3. The van der Waals surface area contributed by atoms with Crippen LogP contribution in [0, 0.1) is 17.2 Å². The van der Waals surface area contributed by atoms with E-state index in [1.165, 1.54) is 11.6 Å². The lowest BCUT2D eigenvalue weighted by atomic mass is 9.89. The number of benzene rings is 1. The van der Waals surface area contributed by atoms with Crippen molar-refractivity contribution in [3.05, 3.63) is 47.4 Å². The SMILES string of the molecule is CC1CCN(c2cc(C3CCNCC3)ccc2NC(=O)c2ccc(C#N)o2)CC1.O=C(O)C(F)(F)F.O=C(O)C(F)(F)F. The minimum Gasteiger partial charge on any atom is -0.475 e. The van der Waals surface area contributed by atoms with Crippen molar-refractivity contribution in [2.45, 2.75) is 50.9 Å². The van der Waals surface area contributed by atoms with Crippen LogP contribution < -0.4 is 15.5 Å². The minimum atomic E-state index is -5.08. The van der Waals surface area contributed by atoms with Gasteiger partial charge in [0.15, 0.2) is 5.76 Å². The van der Waals surface area contributed by atoms with E-state index in [-0.39, 0.29) is 17.4 Å². The minimum absolute atomic E-state index is 0.140. The van der Waals surface area contributed by atoms with Gasteiger partial charge in [-0.2, -0.15) is 31.6 Å². The molecule has 3 heterocycles. The number of nitrogens with zero attached hydrogens (tertiary/aromatic N) is 2. The van der Waals surface area contributed by atoms with E-state index in [1.54, 1.807) is 6.07 Å². The largest absolute Gasteiger partial charge is 0.490 e. The Balaban J connectivity index is 0.000000384. The number of carboxylic acids is 2. The van der Waals surface area contributed by atoms with E-state index < -0.39 is 24.3 Å². The van der Waals surface area contributed by atoms with Crippen LogP contribution in [-0.2, 0) is 9.59 Å². The molecule has 4 N–H and O–H groups in total. The maximum atomic E-state index is 12.7. The number of carbonyl (C=O) groups excluding carboxylic acids is 1. The lowest BCUT2D eigenvalue weighted by Gasteiger charge is -2.34. The smallest absolute Gasteiger partial charge is 0.475 e. The molecule has 2 aliphatic rings. The number of piperidine rings is 2. The first-order chi connectivity index (χ1) is 20.0. The number of aliphatic carboxylic acids is 2. The molecule has 2 saturated heterocycles. The Morgan fingerprint density at radius 3 is 1.95 bits per heavy atom. The summed E-state index contributed by atoms with van der Waals surface area (Å²) < 4.78 is 68.8. The summed E-state index contributed by atoms with van der Waals surface area (Å²) >= 11 is 0. The molecule has 0 radical (unpaired) electrons. The van der Waals surface area contributed by atoms with Gasteiger partial charge in [0, 0.05) is 13.1 Å². The molecule has 43 heavy (non-hydrogen) atoms. The Hall–Kier alpha value is -4.26. The van der Waals surface area contributed by atoms with E-state index in [0.29, 0.717) is 5.92 Å². The summed E-state index contributed by atoms with van der Waals surface area (Å²) in [6, 6.07) is 11.4. The molecule has 16 heteroatoms. The molecule has 0 unspecified atom stereocenters. The van der Waals surface area contributed by atoms with Crippen LogP contribution >= 0.6 is 0 Å². The predicted molar refractivity (Wildman–Crippen MR) is 141 cm³/mol. The van der Waals surface area contributed by atoms with Crippen molar-refractivity contribution in [1.82, 2.24) is 5.32 Å². The highest BCUT2D eigenvalue weighted by molar-refractivity contribution is 6.04. The molecule has 10 nitrogen and oxygen atoms in total. The van der Waals surface area contributed by atoms with Gasteiger partial charge >= 0.3 is 24.3 Å². The summed E-state index contributed by atoms with van der Waals surface area (Å²) in [5.74, 6) is -4.24. The number of rotatable bonds is 4. The third kappa shape index (κ3) is 11.2. The number of halogens is 6. The molecule has 2 aromatic rings. The van der Waals surface area contributed by atoms with Gasteiger partial charge in [-0.25, -0.2) is 9.59 Å². The highest BCUT2D eigenvalue weighted by Gasteiger charge is 2.39. The Morgan fingerprint density at radius 1 is 0.953 bits per heavy atom. The summed E-state index contributed by atoms with van der Waals surface area (Å²) in [5, 5.41) is 29.6. The zero-order valence-corrected chi connectivity index (χ0v) is 22.9. The molecule has 4 rings (SSSR count). The van der Waals surface area contributed by atoms with Gasteiger partial charge in [0.05, 0.1) is 11.4 Å². The van der Waals surface area contributed by atoms with Crippen LogP contribution in [0.15, 0.2) is 34.7 Å². The van der Waals surface area contributed by atoms with Crippen molar-refractivity contribution in [3.8, 4) is 6.07 Å². The second-order valence-corrected chi connectivity index (χ2v) is 9.81. The maximum absolute atomic E-state index is 12.7. The van der Waals surface area contributed by atoms with Crippen LogP contribution in [0.2, 0.25) is 0 Å². The molecule has 2 aliphatic heterocycles. The Bertz CT molecular complexity index is 1270. The summed E-state index contributed by atoms with van der Waals surface area (Å²) in [6.45, 7) is 6.41. The van der Waals surface area contributed by atoms with Crippen LogP contribution in [0.5, 0.6) is 0 Å². The highest BCUT2D eigenvalue weighted by atomic mass is 19.4. The van der Waals surface area contributed by atoms with Gasteiger partial charge in [0.2, 0.25) is 5.76 Å². The average Bonchev–Trinajstić information content (AvgIpc) is 3.44. The van der Waals surface area contributed by atoms with E-state index in [1.807, 2.05) is 12.1 Å². The molecule has 1 aromatic carbocycles. The van der Waals surface area contributed by atoms with Gasteiger partial charge in [-0.3, -0.25) is 4.79 Å². The molecule has 1 aromatic heterocycles. The molecule has 2 fully saturated rings. The van der Waals surface area contributed by atoms with E-state index in [9.17, 15) is 31.1 Å². The summed E-state index contributed by atoms with van der Waals surface area (Å²) in [5.41, 5.74) is 3.24. The van der Waals surface area contributed by atoms with E-state index in [4.69, 9.17) is 29.5 Å². The molecule has 0 saturated carbocycles. The summed E-state index contributed by atoms with van der Waals surface area (Å²) in [6.07, 6.45) is -5.56. The first-order valence-corrected chi connectivity index (χ1v) is 13.0. The molecule has 0 bridgehead atoms. The third-order valence-electron chi connectivity index (χ3n) is 6.63. The van der Waals surface area contributed by atoms with E-state index in [0.717, 1.165) is 69.2 Å². The van der Waals surface area contributed by atoms with Gasteiger partial charge in [-0.1, -0.05) is 13.0 Å². The average molecular weight is 621 g/mol. The number of hydrogen-bond donors (Lipinski definition) is 4. The van der Waals surface area contributed by atoms with Gasteiger partial charge in [0.1, 0.15) is 6.07 Å². The van der Waals surface area contributed by atoms with E-state index >= 15 is 0 Å². The van der Waals surface area contributed by atoms with Gasteiger partial charge in [0.25, 0.3) is 5.91 Å². The third-order valence-corrected chi connectivity index (χ3v) is 6.63. The number of anilines is 2. The fourth-order valence-electron chi connectivity index (χ4n) is 4.28. The van der Waals surface area contributed by atoms with Gasteiger partial charge < -0.3 is 30.2 Å². The van der Waals surface area contributed by atoms with Crippen molar-refractivity contribution in [2.24, 2.45) is 5.92 Å². The zero-order chi connectivity index (χ0) is 32.4. The first kappa shape index (κ1) is 34.9. The Kier molecular flexibility index (Phi) is 12.4. The molecular weight excluding hydrogens is 590 g/mol. The van der Waals surface area contributed by atoms with Gasteiger partial charge in [-0.05, 0) is 80.4 Å². The van der Waals surface area contributed by atoms with Crippen molar-refractivity contribution in [3.63, 3.8) is 0 Å². The normalized spacial score (nSPS) is 16.1. The fraction of sp³-hybridized carbons (Fsp3) is 0.481. The zero-order valence-electron chi connectivity index (χ0n) is 22.9. The maximum Gasteiger partial charge on any atom is 0.490 e. The second kappa shape index (κ2) is 15.3. The van der Waals surface area contributed by atoms with Crippen molar-refractivity contribution < 1.29 is 55.4 Å². The number of nitriles is 1. The molecular formula is C27H30F6N4O6. The summed E-state index contributed by atoms with van der Waals surface area (Å²) in [7, 11) is 0. The Labute approximate surface area is 242 Å². The quantitative estimate of drug-likeness (QED) is 0.330. The molecule has 1 amide bonds. The summed E-state index contributed by atoms with van der Waals surface area (Å²) in [4.78, 5) is 32.9. The van der Waals surface area contributed by atoms with Crippen molar-refractivity contribution in [1.29, 1.82) is 5.26 Å². The first-order valence-electron chi connectivity index (χ1n) is 13.0. The Morgan fingerprint density at radius 2 is 1.49 bits per heavy atom. The van der Waals surface area contributed by atoms with Crippen LogP contribution in [0.3, 0.4) is 0 Å². The molecule has 236 valence electrons. The number of hydrogen-bond acceptors (Lipinski definition) is 7. The number of carboxylic acid groups (broad SMARTS) is 2. The van der Waals surface area contributed by atoms with E-state index in [2.05, 4.69) is 34.6 Å². The number of alkyl halides is 6. The number of nitrogens with one attached hydrogen (secondary N) is 2. The topological polar surface area (TPSA) is 156 Å².